The highest BCUT2D eigenvalue weighted by molar-refractivity contribution is 7.99. The van der Waals surface area contributed by atoms with E-state index >= 15 is 0 Å². The number of nitrogens with zero attached hydrogens (tertiary/aromatic N) is 3. The predicted molar refractivity (Wildman–Crippen MR) is 128 cm³/mol. The summed E-state index contributed by atoms with van der Waals surface area (Å²) in [5, 5.41) is 0.608. The fourth-order valence-electron chi connectivity index (χ4n) is 4.02. The van der Waals surface area contributed by atoms with Crippen molar-refractivity contribution in [3.05, 3.63) is 42.1 Å². The van der Waals surface area contributed by atoms with E-state index in [1.165, 1.54) is 22.3 Å². The molecule has 3 rings (SSSR count). The first-order chi connectivity index (χ1) is 15.8. The van der Waals surface area contributed by atoms with E-state index in [9.17, 15) is 13.2 Å². The van der Waals surface area contributed by atoms with E-state index in [-0.39, 0.29) is 22.6 Å². The van der Waals surface area contributed by atoms with Gasteiger partial charge in [0.05, 0.1) is 31.0 Å². The highest BCUT2D eigenvalue weighted by atomic mass is 32.2. The number of likely N-dealkylation sites (tertiary alicyclic amines) is 1. The third kappa shape index (κ3) is 5.62. The minimum absolute atomic E-state index is 0.00834. The Bertz CT molecular complexity index is 1060. The molecule has 1 saturated heterocycles. The Morgan fingerprint density at radius 2 is 1.94 bits per heavy atom. The summed E-state index contributed by atoms with van der Waals surface area (Å²) < 4.78 is 37.5. The molecule has 33 heavy (non-hydrogen) atoms. The predicted octanol–water partition coefficient (Wildman–Crippen LogP) is 3.59. The monoisotopic (exact) mass is 493 g/mol. The van der Waals surface area contributed by atoms with E-state index in [0.717, 1.165) is 29.9 Å². The fraction of sp³-hybridized carbons (Fsp3) is 0.478. The van der Waals surface area contributed by atoms with Gasteiger partial charge in [-0.3, -0.25) is 4.79 Å². The summed E-state index contributed by atoms with van der Waals surface area (Å²) in [6, 6.07) is 8.77. The van der Waals surface area contributed by atoms with Crippen molar-refractivity contribution in [2.45, 2.75) is 42.7 Å². The Morgan fingerprint density at radius 3 is 2.55 bits per heavy atom. The van der Waals surface area contributed by atoms with Crippen LogP contribution in [-0.4, -0.2) is 68.1 Å². The first kappa shape index (κ1) is 25.3. The number of thioether (sulfide) groups is 1. The van der Waals surface area contributed by atoms with E-state index in [4.69, 9.17) is 9.47 Å². The van der Waals surface area contributed by atoms with Gasteiger partial charge in [0.2, 0.25) is 15.9 Å². The number of methoxy groups -OCH3 is 2. The van der Waals surface area contributed by atoms with Crippen LogP contribution in [0, 0.1) is 0 Å². The van der Waals surface area contributed by atoms with Crippen molar-refractivity contribution in [3.8, 4) is 11.5 Å². The molecule has 1 aliphatic heterocycles. The molecule has 0 aliphatic carbocycles. The molecule has 0 bridgehead atoms. The van der Waals surface area contributed by atoms with Crippen molar-refractivity contribution >= 4 is 27.7 Å². The summed E-state index contributed by atoms with van der Waals surface area (Å²) in [5.41, 5.74) is 0.941. The Labute approximate surface area is 200 Å². The van der Waals surface area contributed by atoms with Gasteiger partial charge in [0.25, 0.3) is 0 Å². The molecular formula is C23H31N3O5S2. The minimum Gasteiger partial charge on any atom is -0.497 e. The van der Waals surface area contributed by atoms with Gasteiger partial charge in [-0.05, 0) is 43.2 Å². The highest BCUT2D eigenvalue weighted by Crippen LogP contribution is 2.39. The average molecular weight is 494 g/mol. The van der Waals surface area contributed by atoms with Crippen LogP contribution in [0.1, 0.15) is 38.3 Å². The van der Waals surface area contributed by atoms with Crippen LogP contribution in [0.3, 0.4) is 0 Å². The van der Waals surface area contributed by atoms with Gasteiger partial charge < -0.3 is 14.4 Å². The Morgan fingerprint density at radius 1 is 1.18 bits per heavy atom. The number of pyridine rings is 1. The van der Waals surface area contributed by atoms with Crippen LogP contribution in [0.4, 0.5) is 0 Å². The molecule has 8 nitrogen and oxygen atoms in total. The summed E-state index contributed by atoms with van der Waals surface area (Å²) in [6.07, 6.45) is 3.13. The summed E-state index contributed by atoms with van der Waals surface area (Å²) in [6.45, 7) is 5.09. The van der Waals surface area contributed by atoms with Gasteiger partial charge in [-0.2, -0.15) is 4.31 Å². The lowest BCUT2D eigenvalue weighted by molar-refractivity contribution is -0.129. The zero-order valence-corrected chi connectivity index (χ0v) is 21.1. The molecule has 1 unspecified atom stereocenters. The lowest BCUT2D eigenvalue weighted by atomic mass is 10.0. The van der Waals surface area contributed by atoms with E-state index in [1.54, 1.807) is 40.2 Å². The quantitative estimate of drug-likeness (QED) is 0.467. The molecule has 2 heterocycles. The molecule has 180 valence electrons. The van der Waals surface area contributed by atoms with Crippen LogP contribution in [0.2, 0.25) is 0 Å². The second kappa shape index (κ2) is 11.2. The molecule has 1 fully saturated rings. The summed E-state index contributed by atoms with van der Waals surface area (Å²) >= 11 is 1.30. The number of rotatable bonds is 10. The summed E-state index contributed by atoms with van der Waals surface area (Å²) in [4.78, 5) is 19.4. The molecule has 1 aromatic carbocycles. The van der Waals surface area contributed by atoms with Gasteiger partial charge in [0.15, 0.2) is 0 Å². The second-order valence-electron chi connectivity index (χ2n) is 7.56. The number of ether oxygens (including phenoxy) is 2. The number of carbonyl (C=O) groups is 1. The number of hydrogen-bond donors (Lipinski definition) is 0. The largest absolute Gasteiger partial charge is 0.497 e. The third-order valence-electron chi connectivity index (χ3n) is 5.76. The van der Waals surface area contributed by atoms with Crippen LogP contribution < -0.4 is 9.47 Å². The van der Waals surface area contributed by atoms with E-state index in [2.05, 4.69) is 4.98 Å². The normalized spacial score (nSPS) is 16.3. The van der Waals surface area contributed by atoms with Crippen molar-refractivity contribution in [1.82, 2.24) is 14.2 Å². The summed E-state index contributed by atoms with van der Waals surface area (Å²) in [7, 11) is -0.309. The number of amides is 1. The van der Waals surface area contributed by atoms with Crippen molar-refractivity contribution < 1.29 is 22.7 Å². The number of aromatic nitrogens is 1. The van der Waals surface area contributed by atoms with Crippen molar-refractivity contribution in [2.75, 3.05) is 39.6 Å². The molecule has 0 radical (unpaired) electrons. The van der Waals surface area contributed by atoms with Crippen molar-refractivity contribution in [2.24, 2.45) is 0 Å². The van der Waals surface area contributed by atoms with Gasteiger partial charge in [-0.25, -0.2) is 13.4 Å². The van der Waals surface area contributed by atoms with Crippen molar-refractivity contribution in [3.63, 3.8) is 0 Å². The zero-order valence-electron chi connectivity index (χ0n) is 19.5. The van der Waals surface area contributed by atoms with Crippen LogP contribution in [0.5, 0.6) is 11.5 Å². The van der Waals surface area contributed by atoms with Crippen LogP contribution >= 0.6 is 11.8 Å². The van der Waals surface area contributed by atoms with E-state index in [1.807, 2.05) is 23.1 Å². The van der Waals surface area contributed by atoms with Gasteiger partial charge in [0.1, 0.15) is 16.4 Å². The standard InChI is InChI=1S/C23H31N3O5S2/c1-5-25(6-2)33(28,29)18-10-12-22(24-15-18)32-16-23(27)26-13-7-8-20(26)19-14-17(30-3)9-11-21(19)31-4/h9-12,14-15,20H,5-8,13,16H2,1-4H3. The molecule has 1 aliphatic rings. The zero-order chi connectivity index (χ0) is 24.0. The maximum Gasteiger partial charge on any atom is 0.244 e. The topological polar surface area (TPSA) is 89.0 Å². The first-order valence-corrected chi connectivity index (χ1v) is 13.4. The molecular weight excluding hydrogens is 462 g/mol. The Balaban J connectivity index is 1.68. The molecule has 1 atom stereocenters. The maximum atomic E-state index is 13.1. The van der Waals surface area contributed by atoms with Gasteiger partial charge in [0, 0.05) is 31.4 Å². The molecule has 10 heteroatoms. The number of sulfonamides is 1. The van der Waals surface area contributed by atoms with E-state index < -0.39 is 10.0 Å². The molecule has 0 saturated carbocycles. The SMILES string of the molecule is CCN(CC)S(=O)(=O)c1ccc(SCC(=O)N2CCCC2c2cc(OC)ccc2OC)nc1. The van der Waals surface area contributed by atoms with Crippen LogP contribution in [0.15, 0.2) is 46.5 Å². The number of carbonyl (C=O) groups excluding carboxylic acids is 1. The summed E-state index contributed by atoms with van der Waals surface area (Å²) in [5.74, 6) is 1.69. The first-order valence-electron chi connectivity index (χ1n) is 11.0. The molecule has 1 amide bonds. The smallest absolute Gasteiger partial charge is 0.244 e. The lowest BCUT2D eigenvalue weighted by Crippen LogP contribution is -2.32. The van der Waals surface area contributed by atoms with Gasteiger partial charge >= 0.3 is 0 Å². The number of benzene rings is 1. The maximum absolute atomic E-state index is 13.1. The van der Waals surface area contributed by atoms with Gasteiger partial charge in [-0.1, -0.05) is 25.6 Å². The number of hydrogen-bond acceptors (Lipinski definition) is 7. The van der Waals surface area contributed by atoms with E-state index in [0.29, 0.717) is 24.7 Å². The molecule has 1 aromatic heterocycles. The highest BCUT2D eigenvalue weighted by Gasteiger charge is 2.32. The third-order valence-corrected chi connectivity index (χ3v) is 8.73. The van der Waals surface area contributed by atoms with Gasteiger partial charge in [-0.15, -0.1) is 0 Å². The molecule has 0 spiro atoms. The lowest BCUT2D eigenvalue weighted by Gasteiger charge is -2.26. The minimum atomic E-state index is -3.55. The fourth-order valence-corrected chi connectivity index (χ4v) is 6.16. The average Bonchev–Trinajstić information content (AvgIpc) is 3.33. The Kier molecular flexibility index (Phi) is 8.61. The second-order valence-corrected chi connectivity index (χ2v) is 10.5. The Hall–Kier alpha value is -2.30. The molecule has 2 aromatic rings. The van der Waals surface area contributed by atoms with Crippen LogP contribution in [-0.2, 0) is 14.8 Å². The van der Waals surface area contributed by atoms with Crippen molar-refractivity contribution in [1.29, 1.82) is 0 Å². The van der Waals surface area contributed by atoms with Crippen LogP contribution in [0.25, 0.3) is 0 Å². The molecule has 0 N–H and O–H groups in total.